The van der Waals surface area contributed by atoms with Crippen LogP contribution in [-0.4, -0.2) is 12.1 Å². The van der Waals surface area contributed by atoms with Crippen molar-refractivity contribution in [3.8, 4) is 0 Å². The largest absolute Gasteiger partial charge is 0.369 e. The van der Waals surface area contributed by atoms with Crippen LogP contribution in [0.5, 0.6) is 0 Å². The van der Waals surface area contributed by atoms with E-state index in [1.807, 2.05) is 13.0 Å². The quantitative estimate of drug-likeness (QED) is 0.876. The van der Waals surface area contributed by atoms with Crippen molar-refractivity contribution in [3.63, 3.8) is 0 Å². The number of nitrogens with two attached hydrogens (primary N) is 1. The molecule has 112 valence electrons. The molecule has 1 aromatic rings. The molecule has 1 saturated carbocycles. The van der Waals surface area contributed by atoms with Crippen molar-refractivity contribution in [3.05, 3.63) is 35.6 Å². The molecule has 0 spiro atoms. The van der Waals surface area contributed by atoms with Gasteiger partial charge in [0.25, 0.3) is 0 Å². The molecule has 3 heteroatoms. The fourth-order valence-electron chi connectivity index (χ4n) is 2.90. The molecule has 0 amide bonds. The van der Waals surface area contributed by atoms with Crippen LogP contribution in [0.1, 0.15) is 57.6 Å². The number of hydrogen-bond acceptors (Lipinski definition) is 2. The Labute approximate surface area is 121 Å². The number of rotatable bonds is 5. The lowest BCUT2D eigenvalue weighted by Crippen LogP contribution is -2.33. The SMILES string of the molecule is CCC(N)C(OC1CCC(C)CC1)c1cccc(F)c1. The van der Waals surface area contributed by atoms with Gasteiger partial charge < -0.3 is 10.5 Å². The third kappa shape index (κ3) is 4.03. The topological polar surface area (TPSA) is 35.2 Å². The maximum absolute atomic E-state index is 13.4. The lowest BCUT2D eigenvalue weighted by atomic mass is 9.88. The second-order valence-corrected chi connectivity index (χ2v) is 6.07. The van der Waals surface area contributed by atoms with Gasteiger partial charge >= 0.3 is 0 Å². The molecular formula is C17H26FNO. The second kappa shape index (κ2) is 7.19. The first kappa shape index (κ1) is 15.5. The molecular weight excluding hydrogens is 253 g/mol. The summed E-state index contributed by atoms with van der Waals surface area (Å²) in [5.74, 6) is 0.569. The Hall–Kier alpha value is -0.930. The summed E-state index contributed by atoms with van der Waals surface area (Å²) >= 11 is 0. The summed E-state index contributed by atoms with van der Waals surface area (Å²) in [6, 6.07) is 6.56. The van der Waals surface area contributed by atoms with Gasteiger partial charge in [-0.15, -0.1) is 0 Å². The summed E-state index contributed by atoms with van der Waals surface area (Å²) < 4.78 is 19.7. The molecule has 2 atom stereocenters. The van der Waals surface area contributed by atoms with Crippen molar-refractivity contribution in [1.29, 1.82) is 0 Å². The molecule has 2 rings (SSSR count). The minimum absolute atomic E-state index is 0.0869. The highest BCUT2D eigenvalue weighted by Gasteiger charge is 2.26. The maximum Gasteiger partial charge on any atom is 0.123 e. The van der Waals surface area contributed by atoms with Gasteiger partial charge in [0.05, 0.1) is 12.2 Å². The van der Waals surface area contributed by atoms with Gasteiger partial charge in [0.1, 0.15) is 5.82 Å². The van der Waals surface area contributed by atoms with E-state index >= 15 is 0 Å². The van der Waals surface area contributed by atoms with Gasteiger partial charge in [0.2, 0.25) is 0 Å². The predicted octanol–water partition coefficient (Wildman–Crippen LogP) is 4.20. The van der Waals surface area contributed by atoms with E-state index in [1.54, 1.807) is 12.1 Å². The van der Waals surface area contributed by atoms with Crippen LogP contribution < -0.4 is 5.73 Å². The molecule has 2 N–H and O–H groups in total. The van der Waals surface area contributed by atoms with Gasteiger partial charge in [-0.25, -0.2) is 4.39 Å². The van der Waals surface area contributed by atoms with Crippen molar-refractivity contribution in [1.82, 2.24) is 0 Å². The normalized spacial score (nSPS) is 26.2. The number of hydrogen-bond donors (Lipinski definition) is 1. The lowest BCUT2D eigenvalue weighted by molar-refractivity contribution is -0.0489. The van der Waals surface area contributed by atoms with E-state index in [0.717, 1.165) is 30.7 Å². The Morgan fingerprint density at radius 1 is 1.30 bits per heavy atom. The Morgan fingerprint density at radius 3 is 2.60 bits per heavy atom. The van der Waals surface area contributed by atoms with E-state index in [2.05, 4.69) is 6.92 Å². The molecule has 20 heavy (non-hydrogen) atoms. The van der Waals surface area contributed by atoms with Crippen molar-refractivity contribution in [2.45, 2.75) is 64.2 Å². The molecule has 0 aromatic heterocycles. The summed E-state index contributed by atoms with van der Waals surface area (Å²) in [6.07, 6.45) is 5.48. The molecule has 0 aliphatic heterocycles. The molecule has 1 fully saturated rings. The molecule has 1 aromatic carbocycles. The Bertz CT molecular complexity index is 415. The highest BCUT2D eigenvalue weighted by molar-refractivity contribution is 5.20. The highest BCUT2D eigenvalue weighted by atomic mass is 19.1. The standard InChI is InChI=1S/C17H26FNO/c1-3-16(19)17(13-5-4-6-14(18)11-13)20-15-9-7-12(2)8-10-15/h4-6,11-12,15-17H,3,7-10,19H2,1-2H3. The van der Waals surface area contributed by atoms with Crippen LogP contribution in [0.3, 0.4) is 0 Å². The van der Waals surface area contributed by atoms with Crippen LogP contribution in [-0.2, 0) is 4.74 Å². The van der Waals surface area contributed by atoms with E-state index in [0.29, 0.717) is 0 Å². The molecule has 2 nitrogen and oxygen atoms in total. The Kier molecular flexibility index (Phi) is 5.55. The van der Waals surface area contributed by atoms with Gasteiger partial charge in [0.15, 0.2) is 0 Å². The maximum atomic E-state index is 13.4. The average Bonchev–Trinajstić information content (AvgIpc) is 2.46. The van der Waals surface area contributed by atoms with E-state index in [4.69, 9.17) is 10.5 Å². The van der Waals surface area contributed by atoms with Gasteiger partial charge in [-0.1, -0.05) is 26.0 Å². The van der Waals surface area contributed by atoms with Crippen molar-refractivity contribution in [2.24, 2.45) is 11.7 Å². The fourth-order valence-corrected chi connectivity index (χ4v) is 2.90. The van der Waals surface area contributed by atoms with E-state index in [9.17, 15) is 4.39 Å². The zero-order valence-electron chi connectivity index (χ0n) is 12.5. The Morgan fingerprint density at radius 2 is 2.00 bits per heavy atom. The number of ether oxygens (including phenoxy) is 1. The first-order valence-corrected chi connectivity index (χ1v) is 7.76. The van der Waals surface area contributed by atoms with E-state index in [1.165, 1.54) is 18.9 Å². The van der Waals surface area contributed by atoms with Crippen LogP contribution in [0, 0.1) is 11.7 Å². The van der Waals surface area contributed by atoms with Crippen LogP contribution in [0.15, 0.2) is 24.3 Å². The summed E-state index contributed by atoms with van der Waals surface area (Å²) in [4.78, 5) is 0. The van der Waals surface area contributed by atoms with Crippen molar-refractivity contribution >= 4 is 0 Å². The Balaban J connectivity index is 2.08. The molecule has 0 bridgehead atoms. The monoisotopic (exact) mass is 279 g/mol. The molecule has 1 aliphatic rings. The summed E-state index contributed by atoms with van der Waals surface area (Å²) in [6.45, 7) is 4.33. The van der Waals surface area contributed by atoms with E-state index in [-0.39, 0.29) is 24.1 Å². The highest BCUT2D eigenvalue weighted by Crippen LogP contribution is 2.31. The predicted molar refractivity (Wildman–Crippen MR) is 79.9 cm³/mol. The zero-order valence-corrected chi connectivity index (χ0v) is 12.5. The summed E-state index contributed by atoms with van der Waals surface area (Å²) in [5.41, 5.74) is 7.06. The molecule has 0 saturated heterocycles. The molecule has 0 radical (unpaired) electrons. The lowest BCUT2D eigenvalue weighted by Gasteiger charge is -2.32. The van der Waals surface area contributed by atoms with Gasteiger partial charge in [-0.3, -0.25) is 0 Å². The van der Waals surface area contributed by atoms with Gasteiger partial charge in [0, 0.05) is 6.04 Å². The first-order chi connectivity index (χ1) is 9.60. The van der Waals surface area contributed by atoms with E-state index < -0.39 is 0 Å². The van der Waals surface area contributed by atoms with Crippen LogP contribution in [0.4, 0.5) is 4.39 Å². The minimum Gasteiger partial charge on any atom is -0.369 e. The van der Waals surface area contributed by atoms with Gasteiger partial charge in [-0.2, -0.15) is 0 Å². The third-order valence-electron chi connectivity index (χ3n) is 4.34. The van der Waals surface area contributed by atoms with Crippen LogP contribution in [0.2, 0.25) is 0 Å². The van der Waals surface area contributed by atoms with Crippen LogP contribution >= 0.6 is 0 Å². The number of halogens is 1. The zero-order chi connectivity index (χ0) is 14.5. The molecule has 2 unspecified atom stereocenters. The van der Waals surface area contributed by atoms with Gasteiger partial charge in [-0.05, 0) is 55.7 Å². The molecule has 0 heterocycles. The smallest absolute Gasteiger partial charge is 0.123 e. The van der Waals surface area contributed by atoms with Crippen molar-refractivity contribution < 1.29 is 9.13 Å². The number of benzene rings is 1. The molecule has 1 aliphatic carbocycles. The van der Waals surface area contributed by atoms with Crippen molar-refractivity contribution in [2.75, 3.05) is 0 Å². The first-order valence-electron chi connectivity index (χ1n) is 7.76. The minimum atomic E-state index is -0.225. The third-order valence-corrected chi connectivity index (χ3v) is 4.34. The van der Waals surface area contributed by atoms with Crippen LogP contribution in [0.25, 0.3) is 0 Å². The fraction of sp³-hybridized carbons (Fsp3) is 0.647. The second-order valence-electron chi connectivity index (χ2n) is 6.07. The average molecular weight is 279 g/mol. The summed E-state index contributed by atoms with van der Waals surface area (Å²) in [5, 5.41) is 0. The summed E-state index contributed by atoms with van der Waals surface area (Å²) in [7, 11) is 0.